The quantitative estimate of drug-likeness (QED) is 0.718. The molecule has 3 aromatic rings. The molecule has 134 valence electrons. The van der Waals surface area contributed by atoms with Crippen molar-refractivity contribution in [3.8, 4) is 11.5 Å². The molecule has 0 spiro atoms. The van der Waals surface area contributed by atoms with Crippen LogP contribution in [0.1, 0.15) is 11.4 Å². The highest BCUT2D eigenvalue weighted by molar-refractivity contribution is 7.90. The van der Waals surface area contributed by atoms with Crippen molar-refractivity contribution in [3.05, 3.63) is 54.2 Å². The van der Waals surface area contributed by atoms with Crippen molar-refractivity contribution in [3.63, 3.8) is 0 Å². The minimum Gasteiger partial charge on any atom is -0.444 e. The van der Waals surface area contributed by atoms with Gasteiger partial charge in [-0.3, -0.25) is 5.32 Å². The third-order valence-corrected chi connectivity index (χ3v) is 4.66. The SMILES string of the molecule is Cc1cc(C)nc(NC(=O)NS(=O)(=O)c2ccccc2-c2ncco2)n1. The Morgan fingerprint density at radius 3 is 2.46 bits per heavy atom. The number of sulfonamides is 1. The minimum atomic E-state index is -4.17. The van der Waals surface area contributed by atoms with Gasteiger partial charge in [0.1, 0.15) is 11.2 Å². The van der Waals surface area contributed by atoms with Crippen LogP contribution in [0.25, 0.3) is 11.5 Å². The lowest BCUT2D eigenvalue weighted by atomic mass is 10.2. The molecule has 2 aromatic heterocycles. The highest BCUT2D eigenvalue weighted by Crippen LogP contribution is 2.25. The largest absolute Gasteiger partial charge is 0.444 e. The molecule has 0 unspecified atom stereocenters. The van der Waals surface area contributed by atoms with Gasteiger partial charge in [0.2, 0.25) is 11.8 Å². The van der Waals surface area contributed by atoms with Gasteiger partial charge in [-0.25, -0.2) is 32.9 Å². The van der Waals surface area contributed by atoms with Crippen LogP contribution in [0.2, 0.25) is 0 Å². The first kappa shape index (κ1) is 17.5. The van der Waals surface area contributed by atoms with Crippen LogP contribution in [0.15, 0.2) is 52.1 Å². The second kappa shape index (κ2) is 6.92. The summed E-state index contributed by atoms with van der Waals surface area (Å²) in [5.74, 6) is 0.139. The Morgan fingerprint density at radius 2 is 1.81 bits per heavy atom. The second-order valence-electron chi connectivity index (χ2n) is 5.37. The van der Waals surface area contributed by atoms with Gasteiger partial charge in [-0.05, 0) is 32.0 Å². The van der Waals surface area contributed by atoms with Crippen molar-refractivity contribution in [2.45, 2.75) is 18.7 Å². The number of aryl methyl sites for hydroxylation is 2. The standard InChI is InChI=1S/C16H15N5O4S/c1-10-9-11(2)19-15(18-10)20-16(22)21-26(23,24)13-6-4-3-5-12(13)14-17-7-8-25-14/h3-9H,1-2H3,(H2,18,19,20,21,22). The van der Waals surface area contributed by atoms with Crippen LogP contribution >= 0.6 is 0 Å². The first-order valence-electron chi connectivity index (χ1n) is 7.50. The van der Waals surface area contributed by atoms with E-state index in [0.717, 1.165) is 0 Å². The summed E-state index contributed by atoms with van der Waals surface area (Å²) in [7, 11) is -4.17. The number of carbonyl (C=O) groups excluding carboxylic acids is 1. The number of nitrogens with one attached hydrogen (secondary N) is 2. The van der Waals surface area contributed by atoms with Crippen LogP contribution in [0.5, 0.6) is 0 Å². The first-order valence-corrected chi connectivity index (χ1v) is 8.98. The zero-order chi connectivity index (χ0) is 18.7. The molecule has 0 radical (unpaired) electrons. The van der Waals surface area contributed by atoms with Crippen molar-refractivity contribution >= 4 is 22.0 Å². The number of nitrogens with zero attached hydrogens (tertiary/aromatic N) is 3. The molecule has 2 N–H and O–H groups in total. The molecule has 26 heavy (non-hydrogen) atoms. The number of amides is 2. The van der Waals surface area contributed by atoms with Gasteiger partial charge in [0.15, 0.2) is 0 Å². The molecule has 0 saturated carbocycles. The van der Waals surface area contributed by atoms with E-state index in [-0.39, 0.29) is 22.3 Å². The molecule has 0 atom stereocenters. The fourth-order valence-electron chi connectivity index (χ4n) is 2.32. The maximum atomic E-state index is 12.6. The summed E-state index contributed by atoms with van der Waals surface area (Å²) in [5.41, 5.74) is 1.52. The van der Waals surface area contributed by atoms with Gasteiger partial charge >= 0.3 is 6.03 Å². The van der Waals surface area contributed by atoms with E-state index in [4.69, 9.17) is 4.42 Å². The Balaban J connectivity index is 1.84. The average Bonchev–Trinajstić information content (AvgIpc) is 3.07. The van der Waals surface area contributed by atoms with E-state index < -0.39 is 16.1 Å². The third kappa shape index (κ3) is 3.86. The van der Waals surface area contributed by atoms with E-state index in [2.05, 4.69) is 20.3 Å². The molecule has 3 rings (SSSR count). The number of urea groups is 1. The molecule has 0 saturated heterocycles. The summed E-state index contributed by atoms with van der Waals surface area (Å²) in [6, 6.07) is 6.81. The Kier molecular flexibility index (Phi) is 4.67. The molecule has 0 aliphatic rings. The molecule has 2 heterocycles. The Labute approximate surface area is 149 Å². The molecule has 0 fully saturated rings. The number of anilines is 1. The third-order valence-electron chi connectivity index (χ3n) is 3.27. The molecule has 0 bridgehead atoms. The summed E-state index contributed by atoms with van der Waals surface area (Å²) in [5, 5.41) is 2.31. The van der Waals surface area contributed by atoms with E-state index >= 15 is 0 Å². The van der Waals surface area contributed by atoms with Crippen molar-refractivity contribution < 1.29 is 17.6 Å². The minimum absolute atomic E-state index is 0.0104. The number of hydrogen-bond donors (Lipinski definition) is 2. The lowest BCUT2D eigenvalue weighted by Gasteiger charge is -2.10. The summed E-state index contributed by atoms with van der Waals surface area (Å²) in [6.07, 6.45) is 2.73. The normalized spacial score (nSPS) is 11.2. The Bertz CT molecular complexity index is 1030. The van der Waals surface area contributed by atoms with Crippen LogP contribution < -0.4 is 10.0 Å². The predicted molar refractivity (Wildman–Crippen MR) is 92.8 cm³/mol. The second-order valence-corrected chi connectivity index (χ2v) is 7.02. The first-order chi connectivity index (χ1) is 12.3. The molecule has 0 aliphatic heterocycles. The summed E-state index contributed by atoms with van der Waals surface area (Å²) in [6.45, 7) is 3.47. The lowest BCUT2D eigenvalue weighted by molar-refractivity contribution is 0.256. The zero-order valence-electron chi connectivity index (χ0n) is 13.9. The van der Waals surface area contributed by atoms with Gasteiger partial charge in [0.25, 0.3) is 10.0 Å². The number of rotatable bonds is 4. The van der Waals surface area contributed by atoms with Crippen LogP contribution in [-0.2, 0) is 10.0 Å². The Hall–Kier alpha value is -3.27. The molecule has 1 aromatic carbocycles. The van der Waals surface area contributed by atoms with Gasteiger partial charge in [0.05, 0.1) is 11.8 Å². The summed E-state index contributed by atoms with van der Waals surface area (Å²) in [4.78, 5) is 24.0. The lowest BCUT2D eigenvalue weighted by Crippen LogP contribution is -2.35. The highest BCUT2D eigenvalue weighted by atomic mass is 32.2. The molecular formula is C16H15N5O4S. The van der Waals surface area contributed by atoms with E-state index in [1.165, 1.54) is 30.7 Å². The number of hydrogen-bond acceptors (Lipinski definition) is 7. The molecule has 9 nitrogen and oxygen atoms in total. The van der Waals surface area contributed by atoms with Gasteiger partial charge in [-0.1, -0.05) is 12.1 Å². The van der Waals surface area contributed by atoms with Crippen molar-refractivity contribution in [2.75, 3.05) is 5.32 Å². The smallest absolute Gasteiger partial charge is 0.335 e. The fourth-order valence-corrected chi connectivity index (χ4v) is 3.43. The number of oxazole rings is 1. The van der Waals surface area contributed by atoms with E-state index in [1.54, 1.807) is 26.0 Å². The number of benzene rings is 1. The van der Waals surface area contributed by atoms with Crippen molar-refractivity contribution in [1.29, 1.82) is 0 Å². The summed E-state index contributed by atoms with van der Waals surface area (Å²) < 4.78 is 32.3. The molecular weight excluding hydrogens is 358 g/mol. The highest BCUT2D eigenvalue weighted by Gasteiger charge is 2.23. The van der Waals surface area contributed by atoms with Crippen molar-refractivity contribution in [1.82, 2.24) is 19.7 Å². The van der Waals surface area contributed by atoms with E-state index in [1.807, 2.05) is 4.72 Å². The molecule has 0 aliphatic carbocycles. The van der Waals surface area contributed by atoms with Crippen LogP contribution in [-0.4, -0.2) is 29.4 Å². The van der Waals surface area contributed by atoms with Crippen LogP contribution in [0.3, 0.4) is 0 Å². The predicted octanol–water partition coefficient (Wildman–Crippen LogP) is 2.26. The maximum absolute atomic E-state index is 12.6. The monoisotopic (exact) mass is 373 g/mol. The molecule has 10 heteroatoms. The Morgan fingerprint density at radius 1 is 1.12 bits per heavy atom. The fraction of sp³-hybridized carbons (Fsp3) is 0.125. The summed E-state index contributed by atoms with van der Waals surface area (Å²) >= 11 is 0. The van der Waals surface area contributed by atoms with E-state index in [0.29, 0.717) is 11.4 Å². The zero-order valence-corrected chi connectivity index (χ0v) is 14.7. The van der Waals surface area contributed by atoms with Crippen LogP contribution in [0.4, 0.5) is 10.7 Å². The van der Waals surface area contributed by atoms with Gasteiger partial charge in [0, 0.05) is 11.4 Å². The number of carbonyl (C=O) groups is 1. The topological polar surface area (TPSA) is 127 Å². The van der Waals surface area contributed by atoms with Gasteiger partial charge < -0.3 is 4.42 Å². The van der Waals surface area contributed by atoms with Gasteiger partial charge in [-0.15, -0.1) is 0 Å². The average molecular weight is 373 g/mol. The van der Waals surface area contributed by atoms with Crippen molar-refractivity contribution in [2.24, 2.45) is 0 Å². The molecule has 2 amide bonds. The maximum Gasteiger partial charge on any atom is 0.335 e. The van der Waals surface area contributed by atoms with Crippen LogP contribution in [0, 0.1) is 13.8 Å². The van der Waals surface area contributed by atoms with Gasteiger partial charge in [-0.2, -0.15) is 0 Å². The number of aromatic nitrogens is 3. The van der Waals surface area contributed by atoms with E-state index in [9.17, 15) is 13.2 Å².